The van der Waals surface area contributed by atoms with Gasteiger partial charge in [-0.2, -0.15) is 0 Å². The van der Waals surface area contributed by atoms with Gasteiger partial charge in [-0.05, 0) is 19.4 Å². The standard InChI is InChI=1S/C12H15ClO/c1-2-14-12-9-4-3-7-11(12)8-5-6-10-13/h3-5,7-9H,2,6,10H2,1H3. The Kier molecular flexibility index (Phi) is 5.16. The van der Waals surface area contributed by atoms with Crippen molar-refractivity contribution >= 4 is 17.7 Å². The Labute approximate surface area is 90.3 Å². The first kappa shape index (κ1) is 11.1. The largest absolute Gasteiger partial charge is 0.493 e. The molecule has 14 heavy (non-hydrogen) atoms. The van der Waals surface area contributed by atoms with Crippen LogP contribution in [0.3, 0.4) is 0 Å². The normalized spacial score (nSPS) is 10.7. The molecule has 0 bridgehead atoms. The fourth-order valence-electron chi connectivity index (χ4n) is 1.18. The fourth-order valence-corrected chi connectivity index (χ4v) is 1.30. The van der Waals surface area contributed by atoms with E-state index in [9.17, 15) is 0 Å². The molecule has 0 aromatic heterocycles. The van der Waals surface area contributed by atoms with Crippen molar-refractivity contribution in [2.45, 2.75) is 13.3 Å². The van der Waals surface area contributed by atoms with Crippen LogP contribution in [0.2, 0.25) is 0 Å². The Hall–Kier alpha value is -0.950. The van der Waals surface area contributed by atoms with Gasteiger partial charge in [-0.1, -0.05) is 30.4 Å². The Morgan fingerprint density at radius 1 is 1.36 bits per heavy atom. The molecular weight excluding hydrogens is 196 g/mol. The fraction of sp³-hybridized carbons (Fsp3) is 0.333. The lowest BCUT2D eigenvalue weighted by atomic mass is 10.2. The quantitative estimate of drug-likeness (QED) is 0.673. The highest BCUT2D eigenvalue weighted by Gasteiger charge is 1.96. The van der Waals surface area contributed by atoms with Crippen LogP contribution in [-0.4, -0.2) is 12.5 Å². The van der Waals surface area contributed by atoms with E-state index in [1.165, 1.54) is 0 Å². The number of benzene rings is 1. The molecule has 0 N–H and O–H groups in total. The van der Waals surface area contributed by atoms with Crippen molar-refractivity contribution in [3.63, 3.8) is 0 Å². The summed E-state index contributed by atoms with van der Waals surface area (Å²) in [5.74, 6) is 1.59. The zero-order valence-corrected chi connectivity index (χ0v) is 9.13. The molecule has 1 aromatic carbocycles. The maximum Gasteiger partial charge on any atom is 0.126 e. The van der Waals surface area contributed by atoms with Crippen molar-refractivity contribution in [3.05, 3.63) is 35.9 Å². The van der Waals surface area contributed by atoms with Crippen LogP contribution in [-0.2, 0) is 0 Å². The minimum absolute atomic E-state index is 0.660. The molecular formula is C12H15ClO. The summed E-state index contributed by atoms with van der Waals surface area (Å²) >= 11 is 5.59. The van der Waals surface area contributed by atoms with Crippen molar-refractivity contribution in [1.29, 1.82) is 0 Å². The van der Waals surface area contributed by atoms with Crippen LogP contribution in [0.4, 0.5) is 0 Å². The maximum atomic E-state index is 5.59. The number of ether oxygens (including phenoxy) is 1. The van der Waals surface area contributed by atoms with Gasteiger partial charge in [-0.15, -0.1) is 11.6 Å². The van der Waals surface area contributed by atoms with Gasteiger partial charge >= 0.3 is 0 Å². The lowest BCUT2D eigenvalue weighted by molar-refractivity contribution is 0.339. The van der Waals surface area contributed by atoms with E-state index in [0.29, 0.717) is 12.5 Å². The highest BCUT2D eigenvalue weighted by Crippen LogP contribution is 2.19. The monoisotopic (exact) mass is 210 g/mol. The van der Waals surface area contributed by atoms with Gasteiger partial charge in [0.1, 0.15) is 5.75 Å². The summed E-state index contributed by atoms with van der Waals surface area (Å²) in [4.78, 5) is 0. The second-order valence-corrected chi connectivity index (χ2v) is 3.23. The van der Waals surface area contributed by atoms with Crippen molar-refractivity contribution in [2.75, 3.05) is 12.5 Å². The molecule has 0 aliphatic heterocycles. The number of allylic oxidation sites excluding steroid dienone is 1. The zero-order chi connectivity index (χ0) is 10.2. The average Bonchev–Trinajstić information content (AvgIpc) is 2.21. The molecule has 1 rings (SSSR count). The summed E-state index contributed by atoms with van der Waals surface area (Å²) < 4.78 is 5.48. The molecule has 1 aromatic rings. The van der Waals surface area contributed by atoms with E-state index in [2.05, 4.69) is 6.08 Å². The van der Waals surface area contributed by atoms with E-state index in [1.54, 1.807) is 0 Å². The first-order valence-electron chi connectivity index (χ1n) is 4.82. The summed E-state index contributed by atoms with van der Waals surface area (Å²) in [6, 6.07) is 7.99. The molecule has 0 heterocycles. The predicted octanol–water partition coefficient (Wildman–Crippen LogP) is 3.73. The van der Waals surface area contributed by atoms with E-state index < -0.39 is 0 Å². The third-order valence-corrected chi connectivity index (χ3v) is 2.01. The smallest absolute Gasteiger partial charge is 0.126 e. The van der Waals surface area contributed by atoms with Crippen molar-refractivity contribution in [3.8, 4) is 5.75 Å². The molecule has 0 radical (unpaired) electrons. The molecule has 1 nitrogen and oxygen atoms in total. The minimum atomic E-state index is 0.660. The van der Waals surface area contributed by atoms with Crippen LogP contribution < -0.4 is 4.74 Å². The Balaban J connectivity index is 2.73. The second-order valence-electron chi connectivity index (χ2n) is 2.85. The lowest BCUT2D eigenvalue weighted by Gasteiger charge is -2.05. The number of alkyl halides is 1. The van der Waals surface area contributed by atoms with Crippen molar-refractivity contribution in [2.24, 2.45) is 0 Å². The Bertz CT molecular complexity index is 294. The van der Waals surface area contributed by atoms with E-state index in [0.717, 1.165) is 17.7 Å². The van der Waals surface area contributed by atoms with Crippen LogP contribution in [0.25, 0.3) is 6.08 Å². The van der Waals surface area contributed by atoms with E-state index >= 15 is 0 Å². The summed E-state index contributed by atoms with van der Waals surface area (Å²) in [7, 11) is 0. The van der Waals surface area contributed by atoms with Crippen LogP contribution in [0, 0.1) is 0 Å². The molecule has 0 spiro atoms. The van der Waals surface area contributed by atoms with Gasteiger partial charge in [0.2, 0.25) is 0 Å². The van der Waals surface area contributed by atoms with Gasteiger partial charge in [0.25, 0.3) is 0 Å². The highest BCUT2D eigenvalue weighted by atomic mass is 35.5. The molecule has 0 aliphatic carbocycles. The lowest BCUT2D eigenvalue weighted by Crippen LogP contribution is -1.93. The molecule has 0 unspecified atom stereocenters. The molecule has 0 saturated heterocycles. The van der Waals surface area contributed by atoms with E-state index in [1.807, 2.05) is 37.3 Å². The second kappa shape index (κ2) is 6.50. The summed E-state index contributed by atoms with van der Waals surface area (Å²) in [6.07, 6.45) is 5.00. The molecule has 0 fully saturated rings. The zero-order valence-electron chi connectivity index (χ0n) is 8.37. The van der Waals surface area contributed by atoms with Gasteiger partial charge in [-0.3, -0.25) is 0 Å². The van der Waals surface area contributed by atoms with E-state index in [4.69, 9.17) is 16.3 Å². The summed E-state index contributed by atoms with van der Waals surface area (Å²) in [6.45, 7) is 2.68. The highest BCUT2D eigenvalue weighted by molar-refractivity contribution is 6.17. The molecule has 0 atom stereocenters. The Morgan fingerprint density at radius 2 is 2.14 bits per heavy atom. The average molecular weight is 211 g/mol. The first-order chi connectivity index (χ1) is 6.88. The third kappa shape index (κ3) is 3.43. The molecule has 76 valence electrons. The van der Waals surface area contributed by atoms with Gasteiger partial charge < -0.3 is 4.74 Å². The van der Waals surface area contributed by atoms with Crippen LogP contribution in [0.5, 0.6) is 5.75 Å². The van der Waals surface area contributed by atoms with Crippen molar-refractivity contribution < 1.29 is 4.74 Å². The summed E-state index contributed by atoms with van der Waals surface area (Å²) in [5, 5.41) is 0. The van der Waals surface area contributed by atoms with Gasteiger partial charge in [0.15, 0.2) is 0 Å². The maximum absolute atomic E-state index is 5.59. The third-order valence-electron chi connectivity index (χ3n) is 1.79. The summed E-state index contributed by atoms with van der Waals surface area (Å²) in [5.41, 5.74) is 1.11. The number of rotatable bonds is 5. The van der Waals surface area contributed by atoms with Gasteiger partial charge in [-0.25, -0.2) is 0 Å². The van der Waals surface area contributed by atoms with Gasteiger partial charge in [0.05, 0.1) is 6.61 Å². The Morgan fingerprint density at radius 3 is 2.86 bits per heavy atom. The topological polar surface area (TPSA) is 9.23 Å². The number of halogens is 1. The van der Waals surface area contributed by atoms with Crippen LogP contribution in [0.15, 0.2) is 30.3 Å². The molecule has 0 amide bonds. The number of hydrogen-bond donors (Lipinski definition) is 0. The molecule has 0 saturated carbocycles. The first-order valence-corrected chi connectivity index (χ1v) is 5.36. The molecule has 0 aliphatic rings. The van der Waals surface area contributed by atoms with Gasteiger partial charge in [0, 0.05) is 11.4 Å². The van der Waals surface area contributed by atoms with Crippen molar-refractivity contribution in [1.82, 2.24) is 0 Å². The predicted molar refractivity (Wildman–Crippen MR) is 62.0 cm³/mol. The minimum Gasteiger partial charge on any atom is -0.493 e. The van der Waals surface area contributed by atoms with Crippen LogP contribution >= 0.6 is 11.6 Å². The van der Waals surface area contributed by atoms with E-state index in [-0.39, 0.29) is 0 Å². The molecule has 2 heteroatoms. The SMILES string of the molecule is CCOc1ccccc1C=CCCCl. The van der Waals surface area contributed by atoms with Crippen LogP contribution in [0.1, 0.15) is 18.9 Å². The number of para-hydroxylation sites is 1. The number of hydrogen-bond acceptors (Lipinski definition) is 1.